The SMILES string of the molecule is CS(=O)(=O)N1CCc2cc(C(=O)Nc3ccc(C(=O)NCC(N)=O)cc3)ccc21. The van der Waals surface area contributed by atoms with Crippen LogP contribution >= 0.6 is 0 Å². The smallest absolute Gasteiger partial charge is 0.255 e. The quantitative estimate of drug-likeness (QED) is 0.628. The second-order valence-corrected chi connectivity index (χ2v) is 8.52. The Morgan fingerprint density at radius 1 is 1.03 bits per heavy atom. The molecule has 10 heteroatoms. The molecule has 1 aliphatic heterocycles. The number of sulfonamides is 1. The number of hydrogen-bond acceptors (Lipinski definition) is 5. The van der Waals surface area contributed by atoms with E-state index in [1.54, 1.807) is 30.3 Å². The number of nitrogens with two attached hydrogens (primary N) is 1. The first-order chi connectivity index (χ1) is 13.6. The molecular weight excluding hydrogens is 396 g/mol. The van der Waals surface area contributed by atoms with Crippen molar-refractivity contribution in [1.29, 1.82) is 0 Å². The zero-order valence-corrected chi connectivity index (χ0v) is 16.5. The monoisotopic (exact) mass is 416 g/mol. The zero-order chi connectivity index (χ0) is 21.2. The second-order valence-electron chi connectivity index (χ2n) is 6.61. The van der Waals surface area contributed by atoms with Crippen molar-refractivity contribution in [3.8, 4) is 0 Å². The Balaban J connectivity index is 1.68. The maximum absolute atomic E-state index is 12.5. The Morgan fingerprint density at radius 2 is 1.69 bits per heavy atom. The van der Waals surface area contributed by atoms with Crippen LogP contribution < -0.4 is 20.7 Å². The minimum atomic E-state index is -3.34. The van der Waals surface area contributed by atoms with Gasteiger partial charge in [0.2, 0.25) is 15.9 Å². The molecule has 0 atom stereocenters. The molecule has 0 bridgehead atoms. The van der Waals surface area contributed by atoms with E-state index in [4.69, 9.17) is 5.73 Å². The molecule has 2 aromatic carbocycles. The number of nitrogens with one attached hydrogen (secondary N) is 2. The Labute approximate surface area is 167 Å². The van der Waals surface area contributed by atoms with Gasteiger partial charge in [0.05, 0.1) is 18.5 Å². The van der Waals surface area contributed by atoms with Crippen LogP contribution in [-0.2, 0) is 21.2 Å². The first-order valence-corrected chi connectivity index (χ1v) is 10.6. The van der Waals surface area contributed by atoms with E-state index in [1.807, 2.05) is 0 Å². The average molecular weight is 416 g/mol. The van der Waals surface area contributed by atoms with E-state index in [9.17, 15) is 22.8 Å². The number of primary amides is 1. The number of nitrogens with zero attached hydrogens (tertiary/aromatic N) is 1. The van der Waals surface area contributed by atoms with Crippen molar-refractivity contribution in [2.45, 2.75) is 6.42 Å². The first kappa shape index (κ1) is 20.3. The van der Waals surface area contributed by atoms with Gasteiger partial charge in [-0.2, -0.15) is 0 Å². The van der Waals surface area contributed by atoms with E-state index < -0.39 is 21.8 Å². The molecule has 3 amide bonds. The van der Waals surface area contributed by atoms with Crippen LogP contribution in [0.3, 0.4) is 0 Å². The van der Waals surface area contributed by atoms with Gasteiger partial charge in [-0.05, 0) is 54.4 Å². The van der Waals surface area contributed by atoms with Crippen LogP contribution in [0.15, 0.2) is 42.5 Å². The number of amides is 3. The fourth-order valence-corrected chi connectivity index (χ4v) is 3.99. The Bertz CT molecular complexity index is 1080. The van der Waals surface area contributed by atoms with Crippen molar-refractivity contribution in [2.24, 2.45) is 5.73 Å². The molecule has 1 heterocycles. The number of benzene rings is 2. The number of carbonyl (C=O) groups is 3. The molecule has 9 nitrogen and oxygen atoms in total. The summed E-state index contributed by atoms with van der Waals surface area (Å²) in [5.41, 5.74) is 7.58. The highest BCUT2D eigenvalue weighted by molar-refractivity contribution is 7.92. The molecule has 0 aliphatic carbocycles. The molecule has 0 fully saturated rings. The number of rotatable bonds is 6. The van der Waals surface area contributed by atoms with Gasteiger partial charge >= 0.3 is 0 Å². The lowest BCUT2D eigenvalue weighted by molar-refractivity contribution is -0.117. The molecule has 0 saturated carbocycles. The topological polar surface area (TPSA) is 139 Å². The van der Waals surface area contributed by atoms with Gasteiger partial charge in [-0.25, -0.2) is 8.42 Å². The Hall–Kier alpha value is -3.40. The molecule has 0 aromatic heterocycles. The highest BCUT2D eigenvalue weighted by Gasteiger charge is 2.26. The van der Waals surface area contributed by atoms with Crippen molar-refractivity contribution in [1.82, 2.24) is 5.32 Å². The van der Waals surface area contributed by atoms with Gasteiger partial charge in [0.15, 0.2) is 0 Å². The lowest BCUT2D eigenvalue weighted by Crippen LogP contribution is -2.33. The molecule has 0 radical (unpaired) electrons. The predicted molar refractivity (Wildman–Crippen MR) is 108 cm³/mol. The summed E-state index contributed by atoms with van der Waals surface area (Å²) < 4.78 is 24.9. The third kappa shape index (κ3) is 4.72. The van der Waals surface area contributed by atoms with Crippen molar-refractivity contribution in [3.05, 3.63) is 59.2 Å². The van der Waals surface area contributed by atoms with Crippen LogP contribution in [0.25, 0.3) is 0 Å². The summed E-state index contributed by atoms with van der Waals surface area (Å²) in [6.45, 7) is 0.102. The standard InChI is InChI=1S/C19H20N4O5S/c1-29(27,28)23-9-8-13-10-14(4-7-16(13)23)19(26)22-15-5-2-12(3-6-15)18(25)21-11-17(20)24/h2-7,10H,8-9,11H2,1H3,(H2,20,24)(H,21,25)(H,22,26). The fraction of sp³-hybridized carbons (Fsp3) is 0.211. The van der Waals surface area contributed by atoms with E-state index in [0.717, 1.165) is 11.8 Å². The highest BCUT2D eigenvalue weighted by Crippen LogP contribution is 2.30. The maximum atomic E-state index is 12.5. The van der Waals surface area contributed by atoms with Crippen LogP contribution in [0.1, 0.15) is 26.3 Å². The van der Waals surface area contributed by atoms with Crippen molar-refractivity contribution < 1.29 is 22.8 Å². The molecular formula is C19H20N4O5S. The van der Waals surface area contributed by atoms with E-state index in [0.29, 0.717) is 35.5 Å². The minimum absolute atomic E-state index is 0.258. The van der Waals surface area contributed by atoms with E-state index in [-0.39, 0.29) is 12.5 Å². The summed E-state index contributed by atoms with van der Waals surface area (Å²) >= 11 is 0. The minimum Gasteiger partial charge on any atom is -0.368 e. The lowest BCUT2D eigenvalue weighted by Gasteiger charge is -2.16. The summed E-state index contributed by atoms with van der Waals surface area (Å²) in [4.78, 5) is 35.1. The van der Waals surface area contributed by atoms with E-state index in [1.165, 1.54) is 16.4 Å². The highest BCUT2D eigenvalue weighted by atomic mass is 32.2. The second kappa shape index (κ2) is 7.92. The molecule has 0 spiro atoms. The Kier molecular flexibility index (Phi) is 5.55. The molecule has 152 valence electrons. The van der Waals surface area contributed by atoms with Crippen LogP contribution in [0.5, 0.6) is 0 Å². The first-order valence-electron chi connectivity index (χ1n) is 8.74. The van der Waals surface area contributed by atoms with Crippen molar-refractivity contribution in [3.63, 3.8) is 0 Å². The summed E-state index contributed by atoms with van der Waals surface area (Å²) in [6, 6.07) is 11.0. The molecule has 1 aliphatic rings. The largest absolute Gasteiger partial charge is 0.368 e. The van der Waals surface area contributed by atoms with Crippen LogP contribution in [0, 0.1) is 0 Å². The van der Waals surface area contributed by atoms with Gasteiger partial charge in [0.1, 0.15) is 0 Å². The summed E-state index contributed by atoms with van der Waals surface area (Å²) in [5.74, 6) is -1.44. The van der Waals surface area contributed by atoms with Gasteiger partial charge in [-0.15, -0.1) is 0 Å². The molecule has 2 aromatic rings. The predicted octanol–water partition coefficient (Wildman–Crippen LogP) is 0.476. The fourth-order valence-electron chi connectivity index (χ4n) is 3.03. The third-order valence-corrected chi connectivity index (χ3v) is 5.60. The van der Waals surface area contributed by atoms with Gasteiger partial charge in [0, 0.05) is 23.4 Å². The number of carbonyl (C=O) groups excluding carboxylic acids is 3. The molecule has 0 saturated heterocycles. The lowest BCUT2D eigenvalue weighted by atomic mass is 10.1. The number of hydrogen-bond donors (Lipinski definition) is 3. The molecule has 29 heavy (non-hydrogen) atoms. The average Bonchev–Trinajstić information content (AvgIpc) is 3.10. The van der Waals surface area contributed by atoms with E-state index in [2.05, 4.69) is 10.6 Å². The molecule has 0 unspecified atom stereocenters. The normalized spacial score (nSPS) is 12.9. The van der Waals surface area contributed by atoms with Crippen molar-refractivity contribution in [2.75, 3.05) is 29.0 Å². The van der Waals surface area contributed by atoms with Gasteiger partial charge in [-0.3, -0.25) is 18.7 Å². The number of fused-ring (bicyclic) bond motifs is 1. The van der Waals surface area contributed by atoms with Crippen molar-refractivity contribution >= 4 is 39.1 Å². The number of anilines is 2. The third-order valence-electron chi connectivity index (χ3n) is 4.42. The zero-order valence-electron chi connectivity index (χ0n) is 15.6. The maximum Gasteiger partial charge on any atom is 0.255 e. The Morgan fingerprint density at radius 3 is 2.31 bits per heavy atom. The van der Waals surface area contributed by atoms with Gasteiger partial charge < -0.3 is 16.4 Å². The summed E-state index contributed by atoms with van der Waals surface area (Å²) in [5, 5.41) is 5.11. The summed E-state index contributed by atoms with van der Waals surface area (Å²) in [6.07, 6.45) is 1.69. The van der Waals surface area contributed by atoms with E-state index >= 15 is 0 Å². The van der Waals surface area contributed by atoms with Crippen LogP contribution in [0.2, 0.25) is 0 Å². The van der Waals surface area contributed by atoms with Crippen LogP contribution in [-0.4, -0.2) is 45.5 Å². The van der Waals surface area contributed by atoms with Gasteiger partial charge in [0.25, 0.3) is 11.8 Å². The molecule has 4 N–H and O–H groups in total. The summed E-state index contributed by atoms with van der Waals surface area (Å²) in [7, 11) is -3.34. The molecule has 3 rings (SSSR count). The van der Waals surface area contributed by atoms with Gasteiger partial charge in [-0.1, -0.05) is 0 Å². The van der Waals surface area contributed by atoms with Crippen LogP contribution in [0.4, 0.5) is 11.4 Å².